The van der Waals surface area contributed by atoms with Crippen molar-refractivity contribution in [2.24, 2.45) is 11.8 Å². The van der Waals surface area contributed by atoms with Gasteiger partial charge in [0.25, 0.3) is 0 Å². The Hall–Kier alpha value is -0.900. The van der Waals surface area contributed by atoms with Crippen LogP contribution in [0.4, 0.5) is 0 Å². The summed E-state index contributed by atoms with van der Waals surface area (Å²) in [7, 11) is 0. The molecule has 1 aliphatic carbocycles. The molecule has 1 aliphatic rings. The van der Waals surface area contributed by atoms with E-state index in [1.165, 1.54) is 6.92 Å². The number of carbonyl (C=O) groups excluding carboxylic acids is 2. The van der Waals surface area contributed by atoms with Crippen molar-refractivity contribution in [2.45, 2.75) is 51.7 Å². The molecule has 1 N–H and O–H groups in total. The number of ether oxygens (including phenoxy) is 1. The summed E-state index contributed by atoms with van der Waals surface area (Å²) in [6.07, 6.45) is 1.84. The number of hydrogen-bond acceptors (Lipinski definition) is 4. The van der Waals surface area contributed by atoms with Gasteiger partial charge >= 0.3 is 5.97 Å². The van der Waals surface area contributed by atoms with Crippen LogP contribution in [0.15, 0.2) is 0 Å². The lowest BCUT2D eigenvalue weighted by atomic mass is 9.88. The first-order valence-electron chi connectivity index (χ1n) is 5.56. The molecule has 0 saturated heterocycles. The van der Waals surface area contributed by atoms with Gasteiger partial charge in [0.15, 0.2) is 0 Å². The Morgan fingerprint density at radius 2 is 2.12 bits per heavy atom. The number of hydrogen-bond donors (Lipinski definition) is 1. The van der Waals surface area contributed by atoms with Gasteiger partial charge in [-0.25, -0.2) is 0 Å². The highest BCUT2D eigenvalue weighted by Gasteiger charge is 2.48. The largest absolute Gasteiger partial charge is 0.460 e. The second kappa shape index (κ2) is 4.17. The van der Waals surface area contributed by atoms with Gasteiger partial charge in [-0.1, -0.05) is 0 Å². The Balaban J connectivity index is 2.78. The van der Waals surface area contributed by atoms with E-state index in [0.29, 0.717) is 12.8 Å². The van der Waals surface area contributed by atoms with Gasteiger partial charge in [-0.3, -0.25) is 4.79 Å². The fourth-order valence-corrected chi connectivity index (χ4v) is 2.48. The molecular weight excluding hydrogens is 208 g/mol. The van der Waals surface area contributed by atoms with Crippen molar-refractivity contribution in [3.8, 4) is 0 Å². The van der Waals surface area contributed by atoms with Crippen LogP contribution in [0.2, 0.25) is 0 Å². The van der Waals surface area contributed by atoms with Crippen molar-refractivity contribution in [1.29, 1.82) is 0 Å². The van der Waals surface area contributed by atoms with Crippen LogP contribution in [0.1, 0.15) is 40.5 Å². The molecular formula is C12H20O4. The van der Waals surface area contributed by atoms with Gasteiger partial charge in [0.2, 0.25) is 0 Å². The molecule has 1 fully saturated rings. The number of carbonyl (C=O) groups is 2. The summed E-state index contributed by atoms with van der Waals surface area (Å²) in [5, 5.41) is 10.1. The van der Waals surface area contributed by atoms with Crippen molar-refractivity contribution >= 4 is 12.3 Å². The predicted molar refractivity (Wildman–Crippen MR) is 58.7 cm³/mol. The monoisotopic (exact) mass is 228 g/mol. The van der Waals surface area contributed by atoms with Crippen molar-refractivity contribution in [3.05, 3.63) is 0 Å². The van der Waals surface area contributed by atoms with Crippen LogP contribution >= 0.6 is 0 Å². The van der Waals surface area contributed by atoms with Crippen molar-refractivity contribution < 1.29 is 19.4 Å². The minimum Gasteiger partial charge on any atom is -0.460 e. The van der Waals surface area contributed by atoms with Crippen LogP contribution in [-0.2, 0) is 14.3 Å². The Kier molecular flexibility index (Phi) is 3.43. The first-order chi connectivity index (χ1) is 7.19. The third kappa shape index (κ3) is 2.61. The highest BCUT2D eigenvalue weighted by Crippen LogP contribution is 2.44. The lowest BCUT2D eigenvalue weighted by Crippen LogP contribution is -2.36. The lowest BCUT2D eigenvalue weighted by Gasteiger charge is -2.31. The number of aldehydes is 1. The summed E-state index contributed by atoms with van der Waals surface area (Å²) in [5.74, 6) is -0.687. The molecule has 0 spiro atoms. The molecule has 0 aromatic rings. The summed E-state index contributed by atoms with van der Waals surface area (Å²) in [4.78, 5) is 21.8. The summed E-state index contributed by atoms with van der Waals surface area (Å²) >= 11 is 0. The van der Waals surface area contributed by atoms with Gasteiger partial charge in [0.05, 0.1) is 5.60 Å². The maximum absolute atomic E-state index is 11.0. The molecule has 0 heterocycles. The molecule has 16 heavy (non-hydrogen) atoms. The molecule has 4 nitrogen and oxygen atoms in total. The second-order valence-corrected chi connectivity index (χ2v) is 5.43. The van der Waals surface area contributed by atoms with E-state index < -0.39 is 11.2 Å². The molecule has 0 aliphatic heterocycles. The summed E-state index contributed by atoms with van der Waals surface area (Å²) < 4.78 is 5.24. The van der Waals surface area contributed by atoms with E-state index in [4.69, 9.17) is 4.74 Å². The Bertz CT molecular complexity index is 293. The minimum atomic E-state index is -0.982. The average Bonchev–Trinajstić information content (AvgIpc) is 2.39. The Morgan fingerprint density at radius 3 is 2.50 bits per heavy atom. The summed E-state index contributed by atoms with van der Waals surface area (Å²) in [6, 6.07) is 0. The first kappa shape index (κ1) is 13.2. The van der Waals surface area contributed by atoms with Crippen LogP contribution in [0.3, 0.4) is 0 Å². The average molecular weight is 228 g/mol. The van der Waals surface area contributed by atoms with E-state index in [1.54, 1.807) is 6.92 Å². The molecule has 1 rings (SSSR count). The van der Waals surface area contributed by atoms with E-state index in [-0.39, 0.29) is 17.8 Å². The summed E-state index contributed by atoms with van der Waals surface area (Å²) in [5.41, 5.74) is -1.61. The number of esters is 1. The van der Waals surface area contributed by atoms with E-state index >= 15 is 0 Å². The molecule has 0 aromatic carbocycles. The van der Waals surface area contributed by atoms with Gasteiger partial charge in [-0.15, -0.1) is 0 Å². The quantitative estimate of drug-likeness (QED) is 0.584. The number of rotatable bonds is 3. The third-order valence-electron chi connectivity index (χ3n) is 3.55. The number of aliphatic hydroxyl groups is 1. The van der Waals surface area contributed by atoms with Crippen LogP contribution in [0.5, 0.6) is 0 Å². The minimum absolute atomic E-state index is 0.0154. The molecule has 0 bridgehead atoms. The smallest absolute Gasteiger partial charge is 0.303 e. The predicted octanol–water partition coefficient (Wildman–Crippen LogP) is 1.30. The topological polar surface area (TPSA) is 63.6 Å². The lowest BCUT2D eigenvalue weighted by molar-refractivity contribution is -0.159. The zero-order chi connectivity index (χ0) is 12.6. The van der Waals surface area contributed by atoms with Crippen molar-refractivity contribution in [1.82, 2.24) is 0 Å². The molecule has 92 valence electrons. The fraction of sp³-hybridized carbons (Fsp3) is 0.833. The van der Waals surface area contributed by atoms with Crippen LogP contribution in [-0.4, -0.2) is 28.6 Å². The standard InChI is InChI=1S/C12H20O4/c1-8(14)16-11(2,3)9-5-10(7-13)12(4,15)6-9/h7,9-10,15H,5-6H2,1-4H3. The zero-order valence-electron chi connectivity index (χ0n) is 10.3. The van der Waals surface area contributed by atoms with Gasteiger partial charge < -0.3 is 14.6 Å². The molecule has 3 atom stereocenters. The third-order valence-corrected chi connectivity index (χ3v) is 3.55. The highest BCUT2D eigenvalue weighted by atomic mass is 16.6. The Labute approximate surface area is 96.0 Å². The zero-order valence-corrected chi connectivity index (χ0v) is 10.3. The maximum atomic E-state index is 11.0. The molecule has 0 aromatic heterocycles. The SMILES string of the molecule is CC(=O)OC(C)(C)C1CC(C=O)C(C)(O)C1. The van der Waals surface area contributed by atoms with E-state index in [1.807, 2.05) is 13.8 Å². The molecule has 3 unspecified atom stereocenters. The fourth-order valence-electron chi connectivity index (χ4n) is 2.48. The van der Waals surface area contributed by atoms with Crippen LogP contribution in [0.25, 0.3) is 0 Å². The first-order valence-corrected chi connectivity index (χ1v) is 5.56. The Morgan fingerprint density at radius 1 is 1.56 bits per heavy atom. The maximum Gasteiger partial charge on any atom is 0.303 e. The van der Waals surface area contributed by atoms with Crippen LogP contribution in [0, 0.1) is 11.8 Å². The molecule has 1 saturated carbocycles. The van der Waals surface area contributed by atoms with Gasteiger partial charge in [0.1, 0.15) is 11.9 Å². The van der Waals surface area contributed by atoms with Crippen LogP contribution < -0.4 is 0 Å². The highest BCUT2D eigenvalue weighted by molar-refractivity contribution is 5.66. The van der Waals surface area contributed by atoms with E-state index in [0.717, 1.165) is 6.29 Å². The molecule has 0 radical (unpaired) electrons. The van der Waals surface area contributed by atoms with E-state index in [2.05, 4.69) is 0 Å². The molecule has 0 amide bonds. The molecule has 4 heteroatoms. The van der Waals surface area contributed by atoms with Crippen molar-refractivity contribution in [2.75, 3.05) is 0 Å². The van der Waals surface area contributed by atoms with Gasteiger partial charge in [-0.2, -0.15) is 0 Å². The summed E-state index contributed by atoms with van der Waals surface area (Å²) in [6.45, 7) is 6.67. The van der Waals surface area contributed by atoms with Gasteiger partial charge in [-0.05, 0) is 33.6 Å². The van der Waals surface area contributed by atoms with Gasteiger partial charge in [0, 0.05) is 18.8 Å². The second-order valence-electron chi connectivity index (χ2n) is 5.43. The van der Waals surface area contributed by atoms with E-state index in [9.17, 15) is 14.7 Å². The van der Waals surface area contributed by atoms with Crippen molar-refractivity contribution in [3.63, 3.8) is 0 Å². The normalized spacial score (nSPS) is 34.8.